The van der Waals surface area contributed by atoms with Crippen molar-refractivity contribution in [3.05, 3.63) is 82.3 Å². The number of methoxy groups -OCH3 is 1. The third kappa shape index (κ3) is 7.30. The molecular formula is C39H48ClN7O4S. The van der Waals surface area contributed by atoms with E-state index in [1.54, 1.807) is 38.0 Å². The molecule has 0 saturated heterocycles. The Morgan fingerprint density at radius 1 is 1.13 bits per heavy atom. The summed E-state index contributed by atoms with van der Waals surface area (Å²) < 4.78 is 36.8. The first kappa shape index (κ1) is 36.4. The lowest BCUT2D eigenvalue weighted by Crippen LogP contribution is -2.47. The number of rotatable bonds is 3. The quantitative estimate of drug-likeness (QED) is 0.217. The summed E-state index contributed by atoms with van der Waals surface area (Å²) in [7, 11) is 0.167. The van der Waals surface area contributed by atoms with Crippen molar-refractivity contribution in [1.82, 2.24) is 19.7 Å². The van der Waals surface area contributed by atoms with Crippen LogP contribution in [0.1, 0.15) is 67.3 Å². The lowest BCUT2D eigenvalue weighted by atomic mass is 9.70. The van der Waals surface area contributed by atoms with Gasteiger partial charge in [-0.1, -0.05) is 50.6 Å². The van der Waals surface area contributed by atoms with Crippen LogP contribution in [0, 0.1) is 24.7 Å². The van der Waals surface area contributed by atoms with E-state index in [1.807, 2.05) is 25.1 Å². The summed E-state index contributed by atoms with van der Waals surface area (Å²) in [4.78, 5) is 25.6. The topological polar surface area (TPSA) is 124 Å². The van der Waals surface area contributed by atoms with E-state index in [2.05, 4.69) is 67.2 Å². The molecule has 1 unspecified atom stereocenters. The molecule has 4 aromatic rings. The number of carbonyl (C=O) groups is 1. The largest absolute Gasteiger partial charge is 0.490 e. The molecule has 2 aromatic carbocycles. The zero-order chi connectivity index (χ0) is 36.8. The van der Waals surface area contributed by atoms with E-state index in [9.17, 15) is 9.00 Å². The van der Waals surface area contributed by atoms with Gasteiger partial charge in [0.05, 0.1) is 29.5 Å². The Morgan fingerprint density at radius 2 is 1.96 bits per heavy atom. The number of nitrogens with one attached hydrogen (secondary N) is 1. The summed E-state index contributed by atoms with van der Waals surface area (Å²) in [6.07, 6.45) is 9.48. The highest BCUT2D eigenvalue weighted by molar-refractivity contribution is 7.95. The summed E-state index contributed by atoms with van der Waals surface area (Å²) in [5.41, 5.74) is 3.91. The van der Waals surface area contributed by atoms with E-state index in [-0.39, 0.29) is 35.0 Å². The van der Waals surface area contributed by atoms with Gasteiger partial charge in [-0.15, -0.1) is 4.36 Å². The third-order valence-corrected chi connectivity index (χ3v) is 13.2. The van der Waals surface area contributed by atoms with Crippen molar-refractivity contribution in [2.75, 3.05) is 42.2 Å². The average molecular weight is 746 g/mol. The van der Waals surface area contributed by atoms with Crippen LogP contribution in [-0.2, 0) is 33.5 Å². The van der Waals surface area contributed by atoms with Crippen LogP contribution >= 0.6 is 11.6 Å². The van der Waals surface area contributed by atoms with Gasteiger partial charge in [0, 0.05) is 49.4 Å². The van der Waals surface area contributed by atoms with Crippen molar-refractivity contribution in [2.45, 2.75) is 64.9 Å². The SMILES string of the molecule is CO[C@H]1/C=C/C[C@H](C)CS(=O)(Nc2nc(C)nc3nn(C)cc23)=NC(=O)c2ccc3c(c2)N(C[C@H](C)[C@H]1C)C[C@@]1(CCCc2cc(Cl)ccc21)CO3. The molecule has 6 atom stereocenters. The molecule has 0 radical (unpaired) electrons. The number of anilines is 2. The van der Waals surface area contributed by atoms with Crippen LogP contribution in [0.25, 0.3) is 11.0 Å². The molecule has 52 heavy (non-hydrogen) atoms. The van der Waals surface area contributed by atoms with Crippen molar-refractivity contribution in [1.29, 1.82) is 0 Å². The average Bonchev–Trinajstić information content (AvgIpc) is 3.40. The summed E-state index contributed by atoms with van der Waals surface area (Å²) in [5, 5.41) is 5.76. The lowest BCUT2D eigenvalue weighted by Gasteiger charge is -2.42. The van der Waals surface area contributed by atoms with Gasteiger partial charge in [-0.05, 0) is 91.8 Å². The van der Waals surface area contributed by atoms with Crippen molar-refractivity contribution < 1.29 is 18.5 Å². The Balaban J connectivity index is 1.34. The molecule has 2 bridgehead atoms. The second-order valence-electron chi connectivity index (χ2n) is 15.1. The molecule has 2 aliphatic heterocycles. The molecule has 1 spiro atoms. The normalized spacial score (nSPS) is 28.8. The Hall–Kier alpha value is -4.00. The van der Waals surface area contributed by atoms with Crippen LogP contribution in [0.15, 0.2) is 59.1 Å². The third-order valence-electron chi connectivity index (χ3n) is 10.9. The number of benzene rings is 2. The zero-order valence-corrected chi connectivity index (χ0v) is 32.3. The number of allylic oxidation sites excluding steroid dienone is 1. The van der Waals surface area contributed by atoms with Crippen LogP contribution in [0.5, 0.6) is 5.75 Å². The maximum absolute atomic E-state index is 14.9. The van der Waals surface area contributed by atoms with Gasteiger partial charge in [-0.2, -0.15) is 5.10 Å². The zero-order valence-electron chi connectivity index (χ0n) is 30.8. The summed E-state index contributed by atoms with van der Waals surface area (Å²) >= 11 is 6.47. The lowest BCUT2D eigenvalue weighted by molar-refractivity contribution is 0.0743. The highest BCUT2D eigenvalue weighted by Crippen LogP contribution is 2.45. The monoisotopic (exact) mass is 745 g/mol. The van der Waals surface area contributed by atoms with Gasteiger partial charge >= 0.3 is 0 Å². The molecule has 276 valence electrons. The van der Waals surface area contributed by atoms with Crippen molar-refractivity contribution in [3.63, 3.8) is 0 Å². The fraction of sp³-hybridized carbons (Fsp3) is 0.487. The van der Waals surface area contributed by atoms with Crippen LogP contribution in [0.4, 0.5) is 11.5 Å². The Bertz CT molecular complexity index is 2160. The molecule has 2 aromatic heterocycles. The number of carbonyl (C=O) groups excluding carboxylic acids is 1. The molecule has 11 nitrogen and oxygen atoms in total. The van der Waals surface area contributed by atoms with Crippen LogP contribution in [0.2, 0.25) is 5.02 Å². The molecule has 4 heterocycles. The summed E-state index contributed by atoms with van der Waals surface area (Å²) in [5.74, 6) is 1.37. The molecule has 13 heteroatoms. The van der Waals surface area contributed by atoms with Gasteiger partial charge in [0.2, 0.25) is 0 Å². The Labute approximate surface area is 311 Å². The molecular weight excluding hydrogens is 698 g/mol. The van der Waals surface area contributed by atoms with Gasteiger partial charge in [-0.25, -0.2) is 14.2 Å². The fourth-order valence-electron chi connectivity index (χ4n) is 8.10. The second-order valence-corrected chi connectivity index (χ2v) is 17.5. The number of halogens is 1. The maximum Gasteiger partial charge on any atom is 0.286 e. The van der Waals surface area contributed by atoms with Crippen molar-refractivity contribution in [3.8, 4) is 5.75 Å². The highest BCUT2D eigenvalue weighted by atomic mass is 35.5. The number of aromatic nitrogens is 4. The molecule has 3 aliphatic rings. The number of ether oxygens (including phenoxy) is 2. The van der Waals surface area contributed by atoms with Gasteiger partial charge < -0.3 is 14.4 Å². The van der Waals surface area contributed by atoms with Crippen LogP contribution in [0.3, 0.4) is 0 Å². The minimum atomic E-state index is -3.38. The van der Waals surface area contributed by atoms with Gasteiger partial charge in [0.1, 0.15) is 21.5 Å². The molecule has 7 rings (SSSR count). The standard InChI is InChI=1S/C39H48ClN7O4S/c1-24-9-7-11-34(50-6)26(3)25(2)19-47-22-39(16-8-10-28-17-30(40)13-14-32(28)39)23-51-35-15-12-29(18-33(35)47)38(48)45-52(49,21-24)44-37-31-20-46(5)43-36(31)41-27(4)42-37/h7,11-15,17-18,20,24-26,34H,8-10,16,19,21-23H2,1-6H3,(H,41,42,43,44,45,48,49)/b11-7+/t24-,25-,26+,34-,39-,52?/m0/s1. The van der Waals surface area contributed by atoms with E-state index in [0.29, 0.717) is 60.1 Å². The van der Waals surface area contributed by atoms with E-state index >= 15 is 0 Å². The van der Waals surface area contributed by atoms with E-state index < -0.39 is 15.8 Å². The predicted octanol–water partition coefficient (Wildman–Crippen LogP) is 7.32. The Kier molecular flexibility index (Phi) is 10.1. The van der Waals surface area contributed by atoms with Crippen molar-refractivity contribution >= 4 is 50.0 Å². The first-order valence-corrected chi connectivity index (χ1v) is 20.2. The number of aryl methyl sites for hydroxylation is 3. The van der Waals surface area contributed by atoms with Crippen LogP contribution < -0.4 is 14.4 Å². The maximum atomic E-state index is 14.9. The van der Waals surface area contributed by atoms with Crippen molar-refractivity contribution in [2.24, 2.45) is 29.2 Å². The van der Waals surface area contributed by atoms with Gasteiger partial charge in [0.25, 0.3) is 5.91 Å². The number of fused-ring (bicyclic) bond motifs is 4. The number of hydrogen-bond donors (Lipinski definition) is 1. The summed E-state index contributed by atoms with van der Waals surface area (Å²) in [6.45, 7) is 10.2. The molecule has 1 aliphatic carbocycles. The number of nitrogens with zero attached hydrogens (tertiary/aromatic N) is 6. The minimum absolute atomic E-state index is 0.0846. The summed E-state index contributed by atoms with van der Waals surface area (Å²) in [6, 6.07) is 11.7. The first-order valence-electron chi connectivity index (χ1n) is 18.1. The highest BCUT2D eigenvalue weighted by Gasteiger charge is 2.42. The molecule has 0 saturated carbocycles. The number of hydrogen-bond acceptors (Lipinski definition) is 8. The van der Waals surface area contributed by atoms with E-state index in [1.165, 1.54) is 11.1 Å². The first-order chi connectivity index (χ1) is 24.8. The fourth-order valence-corrected chi connectivity index (χ4v) is 10.2. The predicted molar refractivity (Wildman–Crippen MR) is 207 cm³/mol. The second kappa shape index (κ2) is 14.4. The van der Waals surface area contributed by atoms with E-state index in [0.717, 1.165) is 30.0 Å². The van der Waals surface area contributed by atoms with Crippen LogP contribution in [-0.4, -0.2) is 68.5 Å². The van der Waals surface area contributed by atoms with Gasteiger partial charge in [-0.3, -0.25) is 14.2 Å². The minimum Gasteiger partial charge on any atom is -0.490 e. The Morgan fingerprint density at radius 3 is 2.77 bits per heavy atom. The smallest absolute Gasteiger partial charge is 0.286 e. The molecule has 1 amide bonds. The van der Waals surface area contributed by atoms with Gasteiger partial charge in [0.15, 0.2) is 11.5 Å². The molecule has 0 fully saturated rings. The van der Waals surface area contributed by atoms with E-state index in [4.69, 9.17) is 21.1 Å². The number of amides is 1. The molecule has 1 N–H and O–H groups in total.